The normalized spacial score (nSPS) is 38.9. The number of aliphatic hydroxyl groups excluding tert-OH is 1. The van der Waals surface area contributed by atoms with Crippen LogP contribution in [0.15, 0.2) is 24.5 Å². The maximum absolute atomic E-state index is 11.8. The van der Waals surface area contributed by atoms with Gasteiger partial charge in [0.25, 0.3) is 0 Å². The molecule has 4 saturated carbocycles. The summed E-state index contributed by atoms with van der Waals surface area (Å²) < 4.78 is 4.92. The Balaban J connectivity index is 1.10. The number of carbonyl (C=O) groups is 1. The number of ether oxygens (including phenoxy) is 1. The van der Waals surface area contributed by atoms with Gasteiger partial charge in [0.15, 0.2) is 0 Å². The second kappa shape index (κ2) is 13.4. The van der Waals surface area contributed by atoms with Crippen molar-refractivity contribution in [2.75, 3.05) is 20.2 Å². The number of methoxy groups -OCH3 is 1. The van der Waals surface area contributed by atoms with Crippen LogP contribution in [0.3, 0.4) is 0 Å². The van der Waals surface area contributed by atoms with Gasteiger partial charge in [0.05, 0.1) is 13.2 Å². The third kappa shape index (κ3) is 6.55. The molecule has 4 unspecified atom stereocenters. The number of pyridine rings is 1. The average Bonchev–Trinajstić information content (AvgIpc) is 3.33. The summed E-state index contributed by atoms with van der Waals surface area (Å²) in [5.74, 6) is 3.47. The second-order valence-electron chi connectivity index (χ2n) is 14.8. The summed E-state index contributed by atoms with van der Waals surface area (Å²) in [5, 5.41) is 19.2. The van der Waals surface area contributed by atoms with Crippen molar-refractivity contribution >= 4 is 5.97 Å². The molecule has 230 valence electrons. The summed E-state index contributed by atoms with van der Waals surface area (Å²) in [6.07, 6.45) is 17.3. The highest BCUT2D eigenvalue weighted by Gasteiger charge is 2.62. The van der Waals surface area contributed by atoms with Gasteiger partial charge in [0, 0.05) is 31.4 Å². The van der Waals surface area contributed by atoms with Crippen LogP contribution >= 0.6 is 0 Å². The fourth-order valence-electron chi connectivity index (χ4n) is 10.4. The highest BCUT2D eigenvalue weighted by Crippen LogP contribution is 2.68. The third-order valence-electron chi connectivity index (χ3n) is 12.7. The van der Waals surface area contributed by atoms with E-state index in [1.165, 1.54) is 70.5 Å². The van der Waals surface area contributed by atoms with Gasteiger partial charge in [-0.15, -0.1) is 0 Å². The molecule has 0 aromatic carbocycles. The summed E-state index contributed by atoms with van der Waals surface area (Å²) in [6.45, 7) is 10.5. The molecule has 10 atom stereocenters. The van der Waals surface area contributed by atoms with Crippen molar-refractivity contribution in [2.45, 2.75) is 117 Å². The van der Waals surface area contributed by atoms with E-state index in [1.807, 2.05) is 18.5 Å². The lowest BCUT2D eigenvalue weighted by atomic mass is 9.43. The Labute approximate surface area is 249 Å². The molecule has 5 rings (SSSR count). The van der Waals surface area contributed by atoms with Crippen molar-refractivity contribution in [3.05, 3.63) is 30.1 Å². The lowest BCUT2D eigenvalue weighted by molar-refractivity contribution is -0.167. The largest absolute Gasteiger partial charge is 0.469 e. The van der Waals surface area contributed by atoms with Crippen LogP contribution < -0.4 is 10.6 Å². The molecule has 0 saturated heterocycles. The molecular formula is C35H57N3O3. The topological polar surface area (TPSA) is 83.5 Å². The first kappa shape index (κ1) is 30.9. The number of nitrogens with one attached hydrogen (secondary N) is 2. The fourth-order valence-corrected chi connectivity index (χ4v) is 10.4. The standard InChI is InChI=1S/C35H57N3O3/c1-24(9-12-32(40)41-4)28-10-11-29-33-30(14-16-35(28,29)3)34(2)15-13-27(20-26(34)21-31(33)39)38-19-6-5-17-36-22-25-8-7-18-37-23-25/h7-8,18,23-24,26-31,33,36,38-39H,5-6,9-17,19-22H2,1-4H3/t24?,26-,27-,28-,29?,30?,31-,33?,34+,35-/m1/s1. The lowest BCUT2D eigenvalue weighted by Crippen LogP contribution is -2.59. The minimum atomic E-state index is -0.156. The van der Waals surface area contributed by atoms with Crippen LogP contribution in [0.1, 0.15) is 103 Å². The number of unbranched alkanes of at least 4 members (excludes halogenated alkanes) is 1. The quantitative estimate of drug-likeness (QED) is 0.208. The van der Waals surface area contributed by atoms with E-state index in [1.54, 1.807) is 0 Å². The summed E-state index contributed by atoms with van der Waals surface area (Å²) in [6, 6.07) is 4.71. The van der Waals surface area contributed by atoms with Crippen molar-refractivity contribution in [2.24, 2.45) is 46.3 Å². The lowest BCUT2D eigenvalue weighted by Gasteiger charge is -2.62. The van der Waals surface area contributed by atoms with Gasteiger partial charge in [-0.1, -0.05) is 26.8 Å². The highest BCUT2D eigenvalue weighted by molar-refractivity contribution is 5.69. The summed E-state index contributed by atoms with van der Waals surface area (Å²) in [7, 11) is 1.49. The molecule has 6 nitrogen and oxygen atoms in total. The van der Waals surface area contributed by atoms with E-state index in [4.69, 9.17) is 4.74 Å². The van der Waals surface area contributed by atoms with Crippen LogP contribution in [0.4, 0.5) is 0 Å². The molecule has 0 amide bonds. The van der Waals surface area contributed by atoms with Gasteiger partial charge < -0.3 is 20.5 Å². The predicted molar refractivity (Wildman–Crippen MR) is 164 cm³/mol. The van der Waals surface area contributed by atoms with Crippen LogP contribution in [-0.4, -0.2) is 48.4 Å². The number of nitrogens with zero attached hydrogens (tertiary/aromatic N) is 1. The predicted octanol–water partition coefficient (Wildman–Crippen LogP) is 6.13. The van der Waals surface area contributed by atoms with Gasteiger partial charge in [0.1, 0.15) is 0 Å². The Morgan fingerprint density at radius 1 is 1.10 bits per heavy atom. The minimum Gasteiger partial charge on any atom is -0.469 e. The van der Waals surface area contributed by atoms with Gasteiger partial charge in [-0.3, -0.25) is 9.78 Å². The van der Waals surface area contributed by atoms with E-state index in [2.05, 4.69) is 42.5 Å². The molecule has 6 heteroatoms. The van der Waals surface area contributed by atoms with E-state index in [0.29, 0.717) is 58.8 Å². The summed E-state index contributed by atoms with van der Waals surface area (Å²) in [5.41, 5.74) is 1.91. The Bertz CT molecular complexity index is 990. The van der Waals surface area contributed by atoms with Crippen LogP contribution in [-0.2, 0) is 16.1 Å². The third-order valence-corrected chi connectivity index (χ3v) is 12.7. The minimum absolute atomic E-state index is 0.0826. The van der Waals surface area contributed by atoms with Gasteiger partial charge >= 0.3 is 5.97 Å². The molecule has 1 heterocycles. The van der Waals surface area contributed by atoms with E-state index in [9.17, 15) is 9.90 Å². The fraction of sp³-hybridized carbons (Fsp3) is 0.829. The molecule has 3 N–H and O–H groups in total. The zero-order valence-electron chi connectivity index (χ0n) is 26.2. The SMILES string of the molecule is COC(=O)CCC(C)[C@H]1CCC2C3C(CC[C@@]21C)[C@@]1(C)CC[C@@H](NCCCCNCc2cccnc2)C[C@@H]1C[C@H]3O. The monoisotopic (exact) mass is 567 g/mol. The molecule has 41 heavy (non-hydrogen) atoms. The number of hydrogen-bond donors (Lipinski definition) is 3. The maximum atomic E-state index is 11.8. The zero-order valence-corrected chi connectivity index (χ0v) is 26.2. The second-order valence-corrected chi connectivity index (χ2v) is 14.8. The van der Waals surface area contributed by atoms with Crippen LogP contribution in [0.2, 0.25) is 0 Å². The molecule has 0 aliphatic heterocycles. The molecule has 0 bridgehead atoms. The van der Waals surface area contributed by atoms with Crippen molar-refractivity contribution in [1.82, 2.24) is 15.6 Å². The van der Waals surface area contributed by atoms with Crippen LogP contribution in [0, 0.1) is 46.3 Å². The highest BCUT2D eigenvalue weighted by atomic mass is 16.5. The molecular weight excluding hydrogens is 510 g/mol. The number of rotatable bonds is 12. The zero-order chi connectivity index (χ0) is 29.0. The van der Waals surface area contributed by atoms with E-state index in [0.717, 1.165) is 32.5 Å². The smallest absolute Gasteiger partial charge is 0.305 e. The maximum Gasteiger partial charge on any atom is 0.305 e. The van der Waals surface area contributed by atoms with Crippen LogP contribution in [0.5, 0.6) is 0 Å². The molecule has 1 aromatic rings. The van der Waals surface area contributed by atoms with Gasteiger partial charge in [-0.2, -0.15) is 0 Å². The van der Waals surface area contributed by atoms with E-state index >= 15 is 0 Å². The van der Waals surface area contributed by atoms with Gasteiger partial charge in [-0.25, -0.2) is 0 Å². The first-order chi connectivity index (χ1) is 19.8. The van der Waals surface area contributed by atoms with Gasteiger partial charge in [0.2, 0.25) is 0 Å². The Morgan fingerprint density at radius 3 is 2.66 bits per heavy atom. The Kier molecular flexibility index (Phi) is 10.1. The molecule has 0 spiro atoms. The van der Waals surface area contributed by atoms with Crippen molar-refractivity contribution in [3.63, 3.8) is 0 Å². The number of aromatic nitrogens is 1. The number of aliphatic hydroxyl groups is 1. The Hall–Kier alpha value is -1.50. The van der Waals surface area contributed by atoms with Crippen molar-refractivity contribution < 1.29 is 14.6 Å². The number of hydrogen-bond acceptors (Lipinski definition) is 6. The first-order valence-corrected chi connectivity index (χ1v) is 16.8. The molecule has 4 aliphatic rings. The number of esters is 1. The van der Waals surface area contributed by atoms with Crippen molar-refractivity contribution in [3.8, 4) is 0 Å². The van der Waals surface area contributed by atoms with E-state index in [-0.39, 0.29) is 12.1 Å². The van der Waals surface area contributed by atoms with Crippen LogP contribution in [0.25, 0.3) is 0 Å². The first-order valence-electron chi connectivity index (χ1n) is 16.8. The molecule has 0 radical (unpaired) electrons. The van der Waals surface area contributed by atoms with Crippen molar-refractivity contribution in [1.29, 1.82) is 0 Å². The number of carbonyl (C=O) groups excluding carboxylic acids is 1. The molecule has 1 aromatic heterocycles. The van der Waals surface area contributed by atoms with E-state index < -0.39 is 0 Å². The summed E-state index contributed by atoms with van der Waals surface area (Å²) >= 11 is 0. The number of fused-ring (bicyclic) bond motifs is 5. The molecule has 4 aliphatic carbocycles. The average molecular weight is 568 g/mol. The van der Waals surface area contributed by atoms with Gasteiger partial charge in [-0.05, 0) is 142 Å². The molecule has 4 fully saturated rings. The summed E-state index contributed by atoms with van der Waals surface area (Å²) in [4.78, 5) is 16.0. The Morgan fingerprint density at radius 2 is 1.88 bits per heavy atom.